The van der Waals surface area contributed by atoms with Gasteiger partial charge in [-0.05, 0) is 56.1 Å². The highest BCUT2D eigenvalue weighted by Gasteiger charge is 2.42. The predicted octanol–water partition coefficient (Wildman–Crippen LogP) is 3.65. The van der Waals surface area contributed by atoms with E-state index in [1.807, 2.05) is 17.0 Å². The molecule has 0 aliphatic carbocycles. The van der Waals surface area contributed by atoms with Crippen LogP contribution in [-0.2, 0) is 20.7 Å². The maximum atomic E-state index is 13.8. The van der Waals surface area contributed by atoms with E-state index in [4.69, 9.17) is 9.47 Å². The van der Waals surface area contributed by atoms with Gasteiger partial charge < -0.3 is 19.7 Å². The Labute approximate surface area is 216 Å². The van der Waals surface area contributed by atoms with Crippen molar-refractivity contribution in [3.63, 3.8) is 0 Å². The van der Waals surface area contributed by atoms with E-state index in [1.54, 1.807) is 0 Å². The van der Waals surface area contributed by atoms with E-state index in [0.717, 1.165) is 70.2 Å². The normalized spacial score (nSPS) is 24.1. The second-order valence-electron chi connectivity index (χ2n) is 11.3. The number of benzene rings is 1. The minimum atomic E-state index is -0.397. The van der Waals surface area contributed by atoms with Crippen LogP contribution >= 0.6 is 0 Å². The number of rotatable bonds is 4. The molecular weight excluding hydrogens is 454 g/mol. The number of ether oxygens (including phenoxy) is 2. The number of carbonyl (C=O) groups is 2. The van der Waals surface area contributed by atoms with Crippen molar-refractivity contribution >= 4 is 11.8 Å². The van der Waals surface area contributed by atoms with Crippen LogP contribution in [0.2, 0.25) is 0 Å². The number of fused-ring (bicyclic) bond motifs is 1. The van der Waals surface area contributed by atoms with Gasteiger partial charge in [0.05, 0.1) is 31.2 Å². The van der Waals surface area contributed by atoms with Crippen molar-refractivity contribution in [2.75, 3.05) is 52.5 Å². The monoisotopic (exact) mass is 499 g/mol. The van der Waals surface area contributed by atoms with Gasteiger partial charge in [0.1, 0.15) is 12.4 Å². The molecule has 200 valence electrons. The zero-order valence-corrected chi connectivity index (χ0v) is 22.3. The number of hydrogen-bond donors (Lipinski definition) is 1. The summed E-state index contributed by atoms with van der Waals surface area (Å²) in [7, 11) is 0. The number of aryl methyl sites for hydroxylation is 1. The first-order valence-corrected chi connectivity index (χ1v) is 14.0. The zero-order chi connectivity index (χ0) is 25.4. The average Bonchev–Trinajstić information content (AvgIpc) is 2.88. The Morgan fingerprint density at radius 3 is 2.56 bits per heavy atom. The van der Waals surface area contributed by atoms with Crippen LogP contribution in [0.4, 0.5) is 0 Å². The second kappa shape index (κ2) is 12.9. The number of piperidine rings is 1. The van der Waals surface area contributed by atoms with Gasteiger partial charge in [-0.15, -0.1) is 0 Å². The van der Waals surface area contributed by atoms with Crippen LogP contribution in [0.25, 0.3) is 0 Å². The Kier molecular flexibility index (Phi) is 9.66. The first kappa shape index (κ1) is 26.9. The molecule has 0 bridgehead atoms. The third kappa shape index (κ3) is 7.22. The summed E-state index contributed by atoms with van der Waals surface area (Å²) < 4.78 is 11.7. The van der Waals surface area contributed by atoms with Crippen molar-refractivity contribution < 1.29 is 19.1 Å². The minimum Gasteiger partial charge on any atom is -0.491 e. The number of nitrogens with zero attached hydrogens (tertiary/aromatic N) is 2. The van der Waals surface area contributed by atoms with Crippen LogP contribution in [-0.4, -0.2) is 80.2 Å². The number of hydrogen-bond acceptors (Lipinski definition) is 5. The predicted molar refractivity (Wildman–Crippen MR) is 141 cm³/mol. The molecule has 2 fully saturated rings. The first-order chi connectivity index (χ1) is 17.4. The molecule has 0 saturated carbocycles. The molecule has 1 N–H and O–H groups in total. The second-order valence-corrected chi connectivity index (χ2v) is 11.3. The smallest absolute Gasteiger partial charge is 0.236 e. The topological polar surface area (TPSA) is 71.1 Å². The Morgan fingerprint density at radius 1 is 1.06 bits per heavy atom. The summed E-state index contributed by atoms with van der Waals surface area (Å²) in [6, 6.07) is 8.29. The SMILES string of the molecule is CC(C)C[C@H]1COc2ccccc2CCCCCC2(CCN(C(=O)CN3CCOCC3)CC2)C(=O)N1. The van der Waals surface area contributed by atoms with Crippen LogP contribution in [0.5, 0.6) is 5.75 Å². The number of para-hydroxylation sites is 1. The van der Waals surface area contributed by atoms with E-state index in [9.17, 15) is 9.59 Å². The van der Waals surface area contributed by atoms with Gasteiger partial charge in [-0.25, -0.2) is 0 Å². The molecule has 7 nitrogen and oxygen atoms in total. The van der Waals surface area contributed by atoms with Gasteiger partial charge in [0.25, 0.3) is 0 Å². The molecule has 7 heteroatoms. The molecule has 1 aromatic carbocycles. The Morgan fingerprint density at radius 2 is 1.81 bits per heavy atom. The van der Waals surface area contributed by atoms with E-state index in [0.29, 0.717) is 45.4 Å². The van der Waals surface area contributed by atoms with Crippen molar-refractivity contribution in [2.24, 2.45) is 11.3 Å². The molecule has 2 amide bonds. The maximum Gasteiger partial charge on any atom is 0.236 e. The summed E-state index contributed by atoms with van der Waals surface area (Å²) in [5.74, 6) is 1.74. The third-order valence-electron chi connectivity index (χ3n) is 8.12. The van der Waals surface area contributed by atoms with Gasteiger partial charge >= 0.3 is 0 Å². The Balaban J connectivity index is 1.42. The highest BCUT2D eigenvalue weighted by Crippen LogP contribution is 2.38. The molecule has 0 radical (unpaired) electrons. The Hall–Kier alpha value is -2.12. The summed E-state index contributed by atoms with van der Waals surface area (Å²) in [5.41, 5.74) is 0.861. The summed E-state index contributed by atoms with van der Waals surface area (Å²) in [4.78, 5) is 31.0. The number of amides is 2. The van der Waals surface area contributed by atoms with Gasteiger partial charge in [0.15, 0.2) is 0 Å². The summed E-state index contributed by atoms with van der Waals surface area (Å²) in [6.45, 7) is 9.67. The molecule has 36 heavy (non-hydrogen) atoms. The van der Waals surface area contributed by atoms with Crippen LogP contribution in [0.3, 0.4) is 0 Å². The molecule has 3 aliphatic heterocycles. The average molecular weight is 500 g/mol. The van der Waals surface area contributed by atoms with Gasteiger partial charge in [-0.1, -0.05) is 44.9 Å². The first-order valence-electron chi connectivity index (χ1n) is 14.0. The van der Waals surface area contributed by atoms with Crippen LogP contribution in [0, 0.1) is 11.3 Å². The number of likely N-dealkylation sites (tertiary alicyclic amines) is 1. The van der Waals surface area contributed by atoms with E-state index in [2.05, 4.69) is 36.2 Å². The van der Waals surface area contributed by atoms with Crippen molar-refractivity contribution in [1.82, 2.24) is 15.1 Å². The molecule has 2 saturated heterocycles. The minimum absolute atomic E-state index is 0.0239. The third-order valence-corrected chi connectivity index (χ3v) is 8.12. The number of nitrogens with one attached hydrogen (secondary N) is 1. The van der Waals surface area contributed by atoms with Gasteiger partial charge in [-0.2, -0.15) is 0 Å². The molecule has 0 aromatic heterocycles. The van der Waals surface area contributed by atoms with Crippen LogP contribution in [0.15, 0.2) is 24.3 Å². The van der Waals surface area contributed by atoms with Crippen molar-refractivity contribution in [3.8, 4) is 5.75 Å². The van der Waals surface area contributed by atoms with Crippen molar-refractivity contribution in [1.29, 1.82) is 0 Å². The van der Waals surface area contributed by atoms with E-state index >= 15 is 0 Å². The highest BCUT2D eigenvalue weighted by molar-refractivity contribution is 5.84. The van der Waals surface area contributed by atoms with Crippen LogP contribution in [0.1, 0.15) is 64.4 Å². The molecule has 3 aliphatic rings. The van der Waals surface area contributed by atoms with Crippen molar-refractivity contribution in [3.05, 3.63) is 29.8 Å². The molecule has 3 heterocycles. The van der Waals surface area contributed by atoms with Gasteiger partial charge in [0.2, 0.25) is 11.8 Å². The molecule has 4 rings (SSSR count). The van der Waals surface area contributed by atoms with Crippen LogP contribution < -0.4 is 10.1 Å². The lowest BCUT2D eigenvalue weighted by Gasteiger charge is -2.42. The summed E-state index contributed by atoms with van der Waals surface area (Å²) >= 11 is 0. The largest absolute Gasteiger partial charge is 0.491 e. The van der Waals surface area contributed by atoms with Gasteiger partial charge in [-0.3, -0.25) is 14.5 Å². The highest BCUT2D eigenvalue weighted by atomic mass is 16.5. The fourth-order valence-electron chi connectivity index (χ4n) is 5.90. The molecule has 0 unspecified atom stereocenters. The van der Waals surface area contributed by atoms with Crippen molar-refractivity contribution in [2.45, 2.75) is 71.3 Å². The fourth-order valence-corrected chi connectivity index (χ4v) is 5.90. The van der Waals surface area contributed by atoms with E-state index in [-0.39, 0.29) is 17.9 Å². The summed E-state index contributed by atoms with van der Waals surface area (Å²) in [5, 5.41) is 3.40. The quantitative estimate of drug-likeness (QED) is 0.685. The van der Waals surface area contributed by atoms with E-state index < -0.39 is 5.41 Å². The molecule has 1 spiro atoms. The fraction of sp³-hybridized carbons (Fsp3) is 0.724. The molecule has 1 aromatic rings. The standard InChI is InChI=1S/C29H45N3O4/c1-23(2)20-25-22-36-26-10-6-5-9-24(26)8-4-3-7-11-29(28(34)30-25)12-14-32(15-13-29)27(33)21-31-16-18-35-19-17-31/h5-6,9-10,23,25H,3-4,7-8,11-22H2,1-2H3,(H,30,34)/t25-/m0/s1. The lowest BCUT2D eigenvalue weighted by atomic mass is 9.73. The zero-order valence-electron chi connectivity index (χ0n) is 22.3. The lowest BCUT2D eigenvalue weighted by Crippen LogP contribution is -2.54. The molecular formula is C29H45N3O4. The Bertz CT molecular complexity index is 860. The lowest BCUT2D eigenvalue weighted by molar-refractivity contribution is -0.142. The van der Waals surface area contributed by atoms with E-state index in [1.165, 1.54) is 5.56 Å². The number of morpholine rings is 1. The molecule has 1 atom stereocenters. The maximum absolute atomic E-state index is 13.8. The van der Waals surface area contributed by atoms with Gasteiger partial charge in [0, 0.05) is 26.2 Å². The summed E-state index contributed by atoms with van der Waals surface area (Å²) in [6.07, 6.45) is 7.48. The number of carbonyl (C=O) groups excluding carboxylic acids is 2.